The zero-order valence-electron chi connectivity index (χ0n) is 8.14. The Hall–Kier alpha value is 0.137. The SMILES string of the molecule is CC[Si](CC)(COC)COC. The molecule has 0 aliphatic heterocycles. The zero-order chi connectivity index (χ0) is 8.74. The van der Waals surface area contributed by atoms with Crippen molar-refractivity contribution in [2.24, 2.45) is 0 Å². The lowest BCUT2D eigenvalue weighted by Gasteiger charge is -2.26. The average Bonchev–Trinajstić information content (AvgIpc) is 2.04. The van der Waals surface area contributed by atoms with Crippen molar-refractivity contribution in [1.82, 2.24) is 0 Å². The van der Waals surface area contributed by atoms with Crippen LogP contribution in [0.1, 0.15) is 13.8 Å². The van der Waals surface area contributed by atoms with Crippen molar-refractivity contribution in [3.05, 3.63) is 0 Å². The van der Waals surface area contributed by atoms with E-state index in [1.165, 1.54) is 12.1 Å². The van der Waals surface area contributed by atoms with Crippen LogP contribution in [0.5, 0.6) is 0 Å². The highest BCUT2D eigenvalue weighted by atomic mass is 28.3. The molecule has 0 unspecified atom stereocenters. The Kier molecular flexibility index (Phi) is 5.82. The van der Waals surface area contributed by atoms with Gasteiger partial charge >= 0.3 is 0 Å². The largest absolute Gasteiger partial charge is 0.388 e. The number of rotatable bonds is 6. The van der Waals surface area contributed by atoms with E-state index in [1.807, 2.05) is 0 Å². The second-order valence-electron chi connectivity index (χ2n) is 3.07. The molecule has 0 saturated heterocycles. The number of methoxy groups -OCH3 is 2. The van der Waals surface area contributed by atoms with E-state index in [0.29, 0.717) is 0 Å². The smallest absolute Gasteiger partial charge is 0.112 e. The van der Waals surface area contributed by atoms with Gasteiger partial charge in [-0.2, -0.15) is 0 Å². The highest BCUT2D eigenvalue weighted by molar-refractivity contribution is 6.79. The monoisotopic (exact) mass is 176 g/mol. The molecular formula is C8H20O2Si. The highest BCUT2D eigenvalue weighted by Gasteiger charge is 2.28. The Morgan fingerprint density at radius 2 is 1.27 bits per heavy atom. The van der Waals surface area contributed by atoms with E-state index < -0.39 is 8.07 Å². The van der Waals surface area contributed by atoms with Crippen LogP contribution in [0.2, 0.25) is 12.1 Å². The van der Waals surface area contributed by atoms with Crippen molar-refractivity contribution < 1.29 is 9.47 Å². The van der Waals surface area contributed by atoms with Gasteiger partial charge in [0, 0.05) is 26.7 Å². The number of hydrogen-bond acceptors (Lipinski definition) is 2. The van der Waals surface area contributed by atoms with E-state index >= 15 is 0 Å². The standard InChI is InChI=1S/C8H20O2Si/c1-5-11(6-2,7-9-3)8-10-4/h5-8H2,1-4H3. The molecule has 0 saturated carbocycles. The minimum absolute atomic E-state index is 0.938. The molecule has 0 aliphatic carbocycles. The molecule has 0 rings (SSSR count). The summed E-state index contributed by atoms with van der Waals surface area (Å²) in [7, 11) is 2.37. The first-order valence-corrected chi connectivity index (χ1v) is 7.05. The van der Waals surface area contributed by atoms with Crippen molar-refractivity contribution in [1.29, 1.82) is 0 Å². The van der Waals surface area contributed by atoms with Gasteiger partial charge in [-0.3, -0.25) is 0 Å². The summed E-state index contributed by atoms with van der Waals surface area (Å²) >= 11 is 0. The van der Waals surface area contributed by atoms with Gasteiger partial charge < -0.3 is 9.47 Å². The Bertz CT molecular complexity index is 84.1. The van der Waals surface area contributed by atoms with Crippen LogP contribution in [0.4, 0.5) is 0 Å². The molecule has 0 aliphatic rings. The molecule has 2 nitrogen and oxygen atoms in total. The summed E-state index contributed by atoms with van der Waals surface area (Å²) in [6.45, 7) is 4.49. The Labute approximate surface area is 70.9 Å². The Balaban J connectivity index is 3.96. The molecule has 68 valence electrons. The van der Waals surface area contributed by atoms with Gasteiger partial charge in [0.2, 0.25) is 0 Å². The maximum atomic E-state index is 5.22. The minimum Gasteiger partial charge on any atom is -0.388 e. The average molecular weight is 176 g/mol. The Morgan fingerprint density at radius 1 is 0.909 bits per heavy atom. The van der Waals surface area contributed by atoms with Crippen molar-refractivity contribution in [3.8, 4) is 0 Å². The summed E-state index contributed by atoms with van der Waals surface area (Å²) in [5, 5.41) is 0. The topological polar surface area (TPSA) is 18.5 Å². The van der Waals surface area contributed by atoms with Crippen LogP contribution >= 0.6 is 0 Å². The lowest BCUT2D eigenvalue weighted by molar-refractivity contribution is 0.215. The highest BCUT2D eigenvalue weighted by Crippen LogP contribution is 2.15. The fourth-order valence-corrected chi connectivity index (χ4v) is 3.94. The van der Waals surface area contributed by atoms with E-state index in [1.54, 1.807) is 14.2 Å². The van der Waals surface area contributed by atoms with Gasteiger partial charge in [0.05, 0.1) is 0 Å². The van der Waals surface area contributed by atoms with Gasteiger partial charge in [0.15, 0.2) is 0 Å². The van der Waals surface area contributed by atoms with Crippen LogP contribution in [-0.2, 0) is 9.47 Å². The van der Waals surface area contributed by atoms with Gasteiger partial charge in [-0.1, -0.05) is 25.9 Å². The molecule has 11 heavy (non-hydrogen) atoms. The van der Waals surface area contributed by atoms with Gasteiger partial charge in [0.1, 0.15) is 8.07 Å². The molecule has 0 atom stereocenters. The van der Waals surface area contributed by atoms with Crippen molar-refractivity contribution in [3.63, 3.8) is 0 Å². The van der Waals surface area contributed by atoms with Crippen molar-refractivity contribution in [2.45, 2.75) is 25.9 Å². The fourth-order valence-electron chi connectivity index (χ4n) is 1.31. The van der Waals surface area contributed by atoms with E-state index in [2.05, 4.69) is 13.8 Å². The maximum Gasteiger partial charge on any atom is 0.112 e. The van der Waals surface area contributed by atoms with Crippen LogP contribution in [0.25, 0.3) is 0 Å². The lowest BCUT2D eigenvalue weighted by Crippen LogP contribution is -2.43. The van der Waals surface area contributed by atoms with Gasteiger partial charge in [-0.15, -0.1) is 0 Å². The summed E-state index contributed by atoms with van der Waals surface area (Å²) in [6, 6.07) is 2.51. The number of hydrogen-bond donors (Lipinski definition) is 0. The summed E-state index contributed by atoms with van der Waals surface area (Å²) < 4.78 is 10.4. The van der Waals surface area contributed by atoms with E-state index in [4.69, 9.17) is 9.47 Å². The molecule has 0 bridgehead atoms. The first kappa shape index (κ1) is 11.1. The predicted octanol–water partition coefficient (Wildman–Crippen LogP) is 1.85. The summed E-state index contributed by atoms with van der Waals surface area (Å²) in [5.74, 6) is 0. The molecule has 0 aromatic rings. The fraction of sp³-hybridized carbons (Fsp3) is 1.00. The summed E-state index contributed by atoms with van der Waals surface area (Å²) in [6.07, 6.45) is 1.88. The van der Waals surface area contributed by atoms with Crippen molar-refractivity contribution in [2.75, 3.05) is 26.7 Å². The second-order valence-corrected chi connectivity index (χ2v) is 8.06. The van der Waals surface area contributed by atoms with Gasteiger partial charge in [0.25, 0.3) is 0 Å². The lowest BCUT2D eigenvalue weighted by atomic mass is 10.9. The maximum absolute atomic E-state index is 5.22. The third-order valence-corrected chi connectivity index (χ3v) is 7.20. The quantitative estimate of drug-likeness (QED) is 0.575. The first-order valence-electron chi connectivity index (χ1n) is 4.22. The Morgan fingerprint density at radius 3 is 1.45 bits per heavy atom. The minimum atomic E-state index is -1.19. The third kappa shape index (κ3) is 3.36. The van der Waals surface area contributed by atoms with Gasteiger partial charge in [-0.25, -0.2) is 0 Å². The van der Waals surface area contributed by atoms with E-state index in [-0.39, 0.29) is 0 Å². The third-order valence-electron chi connectivity index (χ3n) is 2.40. The molecule has 0 spiro atoms. The number of ether oxygens (including phenoxy) is 2. The van der Waals surface area contributed by atoms with Crippen LogP contribution in [0, 0.1) is 0 Å². The molecule has 0 N–H and O–H groups in total. The molecule has 0 amide bonds. The summed E-state index contributed by atoms with van der Waals surface area (Å²) in [4.78, 5) is 0. The normalized spacial score (nSPS) is 12.0. The van der Waals surface area contributed by atoms with Crippen LogP contribution in [-0.4, -0.2) is 34.8 Å². The predicted molar refractivity (Wildman–Crippen MR) is 50.5 cm³/mol. The van der Waals surface area contributed by atoms with Crippen LogP contribution in [0.3, 0.4) is 0 Å². The molecule has 0 aromatic carbocycles. The first-order chi connectivity index (χ1) is 5.24. The second kappa shape index (κ2) is 5.74. The zero-order valence-corrected chi connectivity index (χ0v) is 9.14. The van der Waals surface area contributed by atoms with Crippen molar-refractivity contribution >= 4 is 8.07 Å². The molecule has 0 radical (unpaired) electrons. The molecule has 0 heterocycles. The molecule has 3 heteroatoms. The van der Waals surface area contributed by atoms with Crippen LogP contribution < -0.4 is 0 Å². The molecule has 0 fully saturated rings. The van der Waals surface area contributed by atoms with Gasteiger partial charge in [-0.05, 0) is 0 Å². The molecular weight excluding hydrogens is 156 g/mol. The van der Waals surface area contributed by atoms with E-state index in [9.17, 15) is 0 Å². The van der Waals surface area contributed by atoms with Crippen LogP contribution in [0.15, 0.2) is 0 Å². The van der Waals surface area contributed by atoms with E-state index in [0.717, 1.165) is 12.5 Å². The summed E-state index contributed by atoms with van der Waals surface area (Å²) in [5.41, 5.74) is 0. The molecule has 0 aromatic heterocycles.